The summed E-state index contributed by atoms with van der Waals surface area (Å²) in [4.78, 5) is 2.49. The Morgan fingerprint density at radius 1 is 0.527 bits per heavy atom. The first-order chi connectivity index (χ1) is 25.9. The number of nitrogens with zero attached hydrogens (tertiary/aromatic N) is 1. The van der Waals surface area contributed by atoms with Crippen molar-refractivity contribution in [2.24, 2.45) is 0 Å². The highest BCUT2D eigenvalue weighted by Crippen LogP contribution is 2.58. The van der Waals surface area contributed by atoms with Gasteiger partial charge in [-0.3, -0.25) is 0 Å². The van der Waals surface area contributed by atoms with Gasteiger partial charge < -0.3 is 14.4 Å². The largest absolute Gasteiger partial charge is 0.458 e. The molecule has 0 spiro atoms. The van der Waals surface area contributed by atoms with Gasteiger partial charge in [0.05, 0.1) is 5.69 Å². The third-order valence-electron chi connectivity index (χ3n) is 12.3. The van der Waals surface area contributed by atoms with Crippen molar-refractivity contribution in [1.29, 1.82) is 0 Å². The van der Waals surface area contributed by atoms with E-state index in [0.29, 0.717) is 0 Å². The number of ether oxygens (including phenoxy) is 2. The van der Waals surface area contributed by atoms with E-state index in [0.717, 1.165) is 45.5 Å². The summed E-state index contributed by atoms with van der Waals surface area (Å²) in [5, 5.41) is 0. The van der Waals surface area contributed by atoms with Crippen molar-refractivity contribution < 1.29 is 9.47 Å². The lowest BCUT2D eigenvalue weighted by Crippen LogP contribution is -2.58. The molecule has 0 saturated heterocycles. The van der Waals surface area contributed by atoms with Crippen molar-refractivity contribution in [2.45, 2.75) is 97.8 Å². The van der Waals surface area contributed by atoms with Gasteiger partial charge in [-0.2, -0.15) is 0 Å². The van der Waals surface area contributed by atoms with E-state index in [9.17, 15) is 0 Å². The highest BCUT2D eigenvalue weighted by atomic mass is 16.5. The Morgan fingerprint density at radius 3 is 1.65 bits per heavy atom. The lowest BCUT2D eigenvalue weighted by Gasteiger charge is -2.38. The summed E-state index contributed by atoms with van der Waals surface area (Å²) >= 11 is 0. The Morgan fingerprint density at radius 2 is 1.07 bits per heavy atom. The maximum atomic E-state index is 7.20. The van der Waals surface area contributed by atoms with Crippen molar-refractivity contribution >= 4 is 40.2 Å². The second kappa shape index (κ2) is 11.9. The van der Waals surface area contributed by atoms with Crippen LogP contribution in [0.1, 0.15) is 104 Å². The molecule has 0 unspecified atom stereocenters. The van der Waals surface area contributed by atoms with Crippen molar-refractivity contribution in [2.75, 3.05) is 4.90 Å². The van der Waals surface area contributed by atoms with Crippen molar-refractivity contribution in [3.63, 3.8) is 0 Å². The molecule has 0 bridgehead atoms. The summed E-state index contributed by atoms with van der Waals surface area (Å²) in [6, 6.07) is 42.9. The Labute approximate surface area is 328 Å². The summed E-state index contributed by atoms with van der Waals surface area (Å²) in [6.45, 7) is 25.2. The molecule has 0 N–H and O–H groups in total. The van der Waals surface area contributed by atoms with Crippen molar-refractivity contribution in [1.82, 2.24) is 0 Å². The SMILES string of the molecule is CC(C)(C)c1ccc(N(c2ccc(C(C)(C)C)cc2)c2cc3c(c4c2-c2ccccc2C4(C)C)Oc2cccc4c2B3c2cc(C(C)(C)C)ccc2O4)cc1. The first-order valence-corrected chi connectivity index (χ1v) is 19.9. The van der Waals surface area contributed by atoms with Crippen LogP contribution in [-0.2, 0) is 21.7 Å². The van der Waals surface area contributed by atoms with E-state index < -0.39 is 0 Å². The van der Waals surface area contributed by atoms with Gasteiger partial charge in [0.15, 0.2) is 0 Å². The second-order valence-corrected chi connectivity index (χ2v) is 19.5. The van der Waals surface area contributed by atoms with E-state index in [-0.39, 0.29) is 28.4 Å². The minimum Gasteiger partial charge on any atom is -0.458 e. The van der Waals surface area contributed by atoms with E-state index in [1.165, 1.54) is 49.9 Å². The van der Waals surface area contributed by atoms with Crippen LogP contribution < -0.4 is 30.8 Å². The smallest absolute Gasteiger partial charge is 0.260 e. The van der Waals surface area contributed by atoms with Crippen LogP contribution in [0, 0.1) is 0 Å². The summed E-state index contributed by atoms with van der Waals surface area (Å²) in [5.74, 6) is 3.61. The fourth-order valence-corrected chi connectivity index (χ4v) is 9.10. The summed E-state index contributed by atoms with van der Waals surface area (Å²) < 4.78 is 13.9. The van der Waals surface area contributed by atoms with Gasteiger partial charge in [-0.1, -0.05) is 143 Å². The minimum atomic E-state index is -0.319. The van der Waals surface area contributed by atoms with Crippen LogP contribution >= 0.6 is 0 Å². The number of fused-ring (bicyclic) bond motifs is 8. The topological polar surface area (TPSA) is 21.7 Å². The molecule has 0 amide bonds. The summed E-state index contributed by atoms with van der Waals surface area (Å²) in [7, 11) is 0. The van der Waals surface area contributed by atoms with E-state index in [1.807, 2.05) is 0 Å². The molecule has 4 heteroatoms. The van der Waals surface area contributed by atoms with Crippen LogP contribution in [0.3, 0.4) is 0 Å². The molecule has 3 aliphatic rings. The first kappa shape index (κ1) is 35.5. The van der Waals surface area contributed by atoms with Crippen LogP contribution in [-0.4, -0.2) is 6.71 Å². The van der Waals surface area contributed by atoms with Gasteiger partial charge in [0.2, 0.25) is 0 Å². The lowest BCUT2D eigenvalue weighted by molar-refractivity contribution is 0.454. The maximum absolute atomic E-state index is 7.20. The zero-order chi connectivity index (χ0) is 38.8. The maximum Gasteiger partial charge on any atom is 0.260 e. The fraction of sp³-hybridized carbons (Fsp3) is 0.294. The Balaban J connectivity index is 1.38. The number of anilines is 3. The van der Waals surface area contributed by atoms with Crippen molar-refractivity contribution in [3.05, 3.63) is 143 Å². The zero-order valence-electron chi connectivity index (χ0n) is 34.3. The number of hydrogen-bond acceptors (Lipinski definition) is 3. The van der Waals surface area contributed by atoms with Gasteiger partial charge in [0, 0.05) is 33.4 Å². The standard InChI is InChI=1S/C51H52BNO2/c1-48(2,3)31-19-24-34(25-20-31)53(35-26-21-32(22-27-35)49(4,5)6)40-30-39-47(45-44(40)36-15-12-13-16-37(36)51(45,10)11)55-43-18-14-17-42-46(43)52(39)38-29-33(50(7,8)9)23-28-41(38)54-42/h12-30H,1-11H3. The Bertz CT molecular complexity index is 2450. The molecular formula is C51H52BNO2. The fourth-order valence-electron chi connectivity index (χ4n) is 9.10. The molecule has 2 heterocycles. The minimum absolute atomic E-state index is 0.0230. The number of hydrogen-bond donors (Lipinski definition) is 0. The Hall–Kier alpha value is -5.22. The first-order valence-electron chi connectivity index (χ1n) is 19.9. The molecule has 55 heavy (non-hydrogen) atoms. The molecule has 3 nitrogen and oxygen atoms in total. The Kier molecular flexibility index (Phi) is 7.67. The molecule has 1 aliphatic carbocycles. The third kappa shape index (κ3) is 5.54. The predicted octanol–water partition coefficient (Wildman–Crippen LogP) is 12.1. The number of benzene rings is 6. The molecule has 0 atom stereocenters. The summed E-state index contributed by atoms with van der Waals surface area (Å²) in [5.41, 5.74) is 15.6. The van der Waals surface area contributed by atoms with Crippen LogP contribution in [0.2, 0.25) is 0 Å². The van der Waals surface area contributed by atoms with E-state index in [2.05, 4.69) is 196 Å². The highest BCUT2D eigenvalue weighted by molar-refractivity contribution is 6.98. The molecule has 276 valence electrons. The van der Waals surface area contributed by atoms with Crippen LogP contribution in [0.15, 0.2) is 115 Å². The zero-order valence-corrected chi connectivity index (χ0v) is 34.3. The van der Waals surface area contributed by atoms with Gasteiger partial charge in [0.1, 0.15) is 23.0 Å². The average molecular weight is 722 g/mol. The van der Waals surface area contributed by atoms with Gasteiger partial charge in [-0.15, -0.1) is 0 Å². The van der Waals surface area contributed by atoms with Crippen molar-refractivity contribution in [3.8, 4) is 34.1 Å². The molecule has 0 aromatic heterocycles. The van der Waals surface area contributed by atoms with Gasteiger partial charge in [-0.05, 0) is 104 Å². The van der Waals surface area contributed by atoms with E-state index in [4.69, 9.17) is 9.47 Å². The molecule has 2 aliphatic heterocycles. The lowest BCUT2D eigenvalue weighted by atomic mass is 9.34. The average Bonchev–Trinajstić information content (AvgIpc) is 3.38. The van der Waals surface area contributed by atoms with Crippen LogP contribution in [0.25, 0.3) is 11.1 Å². The molecule has 6 aromatic rings. The molecular weight excluding hydrogens is 669 g/mol. The van der Waals surface area contributed by atoms with Crippen LogP contribution in [0.4, 0.5) is 17.1 Å². The predicted molar refractivity (Wildman–Crippen MR) is 232 cm³/mol. The quantitative estimate of drug-likeness (QED) is 0.170. The van der Waals surface area contributed by atoms with Crippen LogP contribution in [0.5, 0.6) is 23.0 Å². The monoisotopic (exact) mass is 721 g/mol. The summed E-state index contributed by atoms with van der Waals surface area (Å²) in [6.07, 6.45) is 0. The van der Waals surface area contributed by atoms with Gasteiger partial charge >= 0.3 is 0 Å². The molecule has 0 fully saturated rings. The normalized spacial score (nSPS) is 14.9. The number of rotatable bonds is 3. The molecule has 0 radical (unpaired) electrons. The molecule has 0 saturated carbocycles. The van der Waals surface area contributed by atoms with Gasteiger partial charge in [0.25, 0.3) is 6.71 Å². The second-order valence-electron chi connectivity index (χ2n) is 19.5. The molecule has 6 aromatic carbocycles. The van der Waals surface area contributed by atoms with E-state index >= 15 is 0 Å². The molecule has 9 rings (SSSR count). The third-order valence-corrected chi connectivity index (χ3v) is 12.3. The highest BCUT2D eigenvalue weighted by Gasteiger charge is 2.48. The van der Waals surface area contributed by atoms with Gasteiger partial charge in [-0.25, -0.2) is 0 Å². The van der Waals surface area contributed by atoms with E-state index in [1.54, 1.807) is 0 Å².